The van der Waals surface area contributed by atoms with Crippen LogP contribution in [0, 0.1) is 0 Å². The number of hydrogen-bond donors (Lipinski definition) is 2. The molecule has 9 nitrogen and oxygen atoms in total. The van der Waals surface area contributed by atoms with Crippen LogP contribution in [-0.4, -0.2) is 60.5 Å². The van der Waals surface area contributed by atoms with Crippen LogP contribution in [0.1, 0.15) is 10.4 Å². The van der Waals surface area contributed by atoms with Gasteiger partial charge in [0.2, 0.25) is 5.95 Å². The summed E-state index contributed by atoms with van der Waals surface area (Å²) in [6.07, 6.45) is 1.57. The molecular formula is C17H13N6NaO3. The van der Waals surface area contributed by atoms with Crippen LogP contribution in [0.25, 0.3) is 5.52 Å². The third kappa shape index (κ3) is 3.90. The zero-order valence-corrected chi connectivity index (χ0v) is 13.3. The van der Waals surface area contributed by atoms with Crippen molar-refractivity contribution in [3.8, 4) is 11.5 Å². The number of tetrazole rings is 1. The average molecular weight is 372 g/mol. The van der Waals surface area contributed by atoms with E-state index in [0.717, 1.165) is 0 Å². The number of anilines is 1. The topological polar surface area (TPSA) is 114 Å². The summed E-state index contributed by atoms with van der Waals surface area (Å²) in [5, 5.41) is 15.2. The quantitative estimate of drug-likeness (QED) is 0.521. The second-order valence-electron chi connectivity index (χ2n) is 5.30. The van der Waals surface area contributed by atoms with Crippen LogP contribution in [0.2, 0.25) is 0 Å². The molecule has 4 rings (SSSR count). The Bertz CT molecular complexity index is 1130. The first-order chi connectivity index (χ1) is 12.7. The number of nitrogens with one attached hydrogen (secondary N) is 2. The van der Waals surface area contributed by atoms with Gasteiger partial charge >= 0.3 is 29.6 Å². The van der Waals surface area contributed by atoms with Crippen molar-refractivity contribution in [2.75, 3.05) is 5.32 Å². The van der Waals surface area contributed by atoms with Crippen molar-refractivity contribution in [1.82, 2.24) is 25.0 Å². The Morgan fingerprint density at radius 2 is 1.89 bits per heavy atom. The summed E-state index contributed by atoms with van der Waals surface area (Å²) in [6, 6.07) is 15.7. The van der Waals surface area contributed by atoms with Crippen LogP contribution in [-0.2, 0) is 0 Å². The molecule has 10 heteroatoms. The Kier molecular flexibility index (Phi) is 5.65. The molecule has 0 aliphatic rings. The molecule has 1 aromatic carbocycles. The van der Waals surface area contributed by atoms with Crippen molar-refractivity contribution in [3.05, 3.63) is 76.7 Å². The molecule has 4 aromatic rings. The van der Waals surface area contributed by atoms with E-state index < -0.39 is 11.5 Å². The van der Waals surface area contributed by atoms with Crippen LogP contribution in [0.3, 0.4) is 0 Å². The molecule has 0 spiro atoms. The zero-order chi connectivity index (χ0) is 17.9. The van der Waals surface area contributed by atoms with Crippen molar-refractivity contribution in [2.24, 2.45) is 0 Å². The van der Waals surface area contributed by atoms with Gasteiger partial charge in [-0.2, -0.15) is 0 Å². The van der Waals surface area contributed by atoms with E-state index >= 15 is 0 Å². The number of benzene rings is 1. The van der Waals surface area contributed by atoms with E-state index in [0.29, 0.717) is 17.0 Å². The van der Waals surface area contributed by atoms with Gasteiger partial charge in [-0.15, -0.1) is 0 Å². The number of nitrogens with zero attached hydrogens (tertiary/aromatic N) is 4. The molecule has 1 amide bonds. The predicted octanol–water partition coefficient (Wildman–Crippen LogP) is 1.21. The van der Waals surface area contributed by atoms with Crippen LogP contribution >= 0.6 is 0 Å². The molecule has 0 atom stereocenters. The van der Waals surface area contributed by atoms with E-state index in [9.17, 15) is 9.59 Å². The molecule has 0 fully saturated rings. The van der Waals surface area contributed by atoms with Gasteiger partial charge < -0.3 is 4.74 Å². The fourth-order valence-electron chi connectivity index (χ4n) is 2.46. The Labute approximate surface area is 174 Å². The van der Waals surface area contributed by atoms with E-state index in [1.807, 2.05) is 18.2 Å². The molecule has 2 N–H and O–H groups in total. The van der Waals surface area contributed by atoms with Crippen molar-refractivity contribution < 1.29 is 9.53 Å². The summed E-state index contributed by atoms with van der Waals surface area (Å²) in [6.45, 7) is 0. The van der Waals surface area contributed by atoms with E-state index in [-0.39, 0.29) is 41.1 Å². The first kappa shape index (κ1) is 18.8. The van der Waals surface area contributed by atoms with Gasteiger partial charge in [0.05, 0.1) is 5.52 Å². The summed E-state index contributed by atoms with van der Waals surface area (Å²) in [5.41, 5.74) is -0.0405. The number of aromatic amines is 1. The molecule has 0 unspecified atom stereocenters. The molecule has 0 saturated heterocycles. The summed E-state index contributed by atoms with van der Waals surface area (Å²) in [7, 11) is 0. The third-order valence-electron chi connectivity index (χ3n) is 3.63. The first-order valence-corrected chi connectivity index (χ1v) is 7.65. The molecule has 130 valence electrons. The SMILES string of the molecule is O=C(Nc1nnn[nH]1)c1cc(Oc2ccccc2)c2ccccn2c1=O.[NaH]. The van der Waals surface area contributed by atoms with Gasteiger partial charge in [-0.3, -0.25) is 19.3 Å². The van der Waals surface area contributed by atoms with Crippen LogP contribution < -0.4 is 15.6 Å². The number of rotatable bonds is 4. The normalized spacial score (nSPS) is 10.2. The van der Waals surface area contributed by atoms with Gasteiger partial charge in [-0.05, 0) is 34.7 Å². The monoisotopic (exact) mass is 372 g/mol. The average Bonchev–Trinajstić information content (AvgIpc) is 3.18. The second kappa shape index (κ2) is 8.12. The molecule has 0 aliphatic carbocycles. The van der Waals surface area contributed by atoms with E-state index in [4.69, 9.17) is 4.74 Å². The minimum absolute atomic E-state index is 0. The summed E-state index contributed by atoms with van der Waals surface area (Å²) in [5.74, 6) is 0.350. The molecule has 0 aliphatic heterocycles. The number of aromatic nitrogens is 5. The zero-order valence-electron chi connectivity index (χ0n) is 13.3. The Balaban J connectivity index is 0.00000210. The summed E-state index contributed by atoms with van der Waals surface area (Å²) >= 11 is 0. The number of ether oxygens (including phenoxy) is 1. The number of para-hydroxylation sites is 1. The number of fused-ring (bicyclic) bond motifs is 1. The summed E-state index contributed by atoms with van der Waals surface area (Å²) < 4.78 is 7.24. The molecule has 3 heterocycles. The number of amides is 1. The number of pyridine rings is 2. The van der Waals surface area contributed by atoms with E-state index in [1.54, 1.807) is 36.5 Å². The van der Waals surface area contributed by atoms with Crippen LogP contribution in [0.5, 0.6) is 11.5 Å². The molecule has 0 radical (unpaired) electrons. The predicted molar refractivity (Wildman–Crippen MR) is 99.5 cm³/mol. The third-order valence-corrected chi connectivity index (χ3v) is 3.63. The number of carbonyl (C=O) groups is 1. The maximum atomic E-state index is 12.7. The Morgan fingerprint density at radius 3 is 2.63 bits per heavy atom. The van der Waals surface area contributed by atoms with Crippen LogP contribution in [0.15, 0.2) is 65.6 Å². The Hall–Kier alpha value is -3.01. The standard InChI is InChI=1S/C17H12N6O3.Na.H/c24-15(18-17-19-21-22-20-17)12-10-14(26-11-6-2-1-3-7-11)13-8-4-5-9-23(13)16(12)25;;/h1-10H,(H2,18,19,20,21,22,24);;. The van der Waals surface area contributed by atoms with Gasteiger partial charge in [0.1, 0.15) is 11.3 Å². The Morgan fingerprint density at radius 1 is 1.11 bits per heavy atom. The van der Waals surface area contributed by atoms with Gasteiger partial charge in [0.15, 0.2) is 5.75 Å². The molecule has 0 saturated carbocycles. The molecule has 27 heavy (non-hydrogen) atoms. The number of hydrogen-bond acceptors (Lipinski definition) is 6. The maximum absolute atomic E-state index is 12.7. The van der Waals surface area contributed by atoms with Gasteiger partial charge in [0.25, 0.3) is 11.5 Å². The van der Waals surface area contributed by atoms with Gasteiger partial charge in [-0.1, -0.05) is 29.4 Å². The van der Waals surface area contributed by atoms with Crippen molar-refractivity contribution in [3.63, 3.8) is 0 Å². The van der Waals surface area contributed by atoms with Gasteiger partial charge in [0, 0.05) is 12.3 Å². The second-order valence-corrected chi connectivity index (χ2v) is 5.30. The van der Waals surface area contributed by atoms with Crippen molar-refractivity contribution in [1.29, 1.82) is 0 Å². The van der Waals surface area contributed by atoms with Crippen molar-refractivity contribution >= 4 is 46.9 Å². The van der Waals surface area contributed by atoms with Crippen molar-refractivity contribution in [2.45, 2.75) is 0 Å². The minimum atomic E-state index is -0.648. The van der Waals surface area contributed by atoms with E-state index in [1.165, 1.54) is 10.5 Å². The molecular weight excluding hydrogens is 359 g/mol. The number of H-pyrrole nitrogens is 1. The summed E-state index contributed by atoms with van der Waals surface area (Å²) in [4.78, 5) is 25.2. The van der Waals surface area contributed by atoms with Crippen LogP contribution in [0.4, 0.5) is 5.95 Å². The number of carbonyl (C=O) groups excluding carboxylic acids is 1. The molecule has 3 aromatic heterocycles. The van der Waals surface area contributed by atoms with Gasteiger partial charge in [-0.25, -0.2) is 5.10 Å². The fraction of sp³-hybridized carbons (Fsp3) is 0. The molecule has 0 bridgehead atoms. The fourth-order valence-corrected chi connectivity index (χ4v) is 2.46. The first-order valence-electron chi connectivity index (χ1n) is 7.65. The van der Waals surface area contributed by atoms with E-state index in [2.05, 4.69) is 25.9 Å².